The summed E-state index contributed by atoms with van der Waals surface area (Å²) in [5, 5.41) is 23.2. The van der Waals surface area contributed by atoms with Gasteiger partial charge in [-0.3, -0.25) is 19.2 Å². The monoisotopic (exact) mass is 594 g/mol. The highest BCUT2D eigenvalue weighted by molar-refractivity contribution is 7.85. The van der Waals surface area contributed by atoms with Crippen LogP contribution in [0.25, 0.3) is 11.1 Å². The third-order valence-electron chi connectivity index (χ3n) is 6.67. The Bertz CT molecular complexity index is 1640. The summed E-state index contributed by atoms with van der Waals surface area (Å²) in [6.07, 6.45) is 0.902. The highest BCUT2D eigenvalue weighted by Crippen LogP contribution is 2.31. The lowest BCUT2D eigenvalue weighted by Gasteiger charge is -2.28. The van der Waals surface area contributed by atoms with Crippen LogP contribution in [0.1, 0.15) is 69.9 Å². The Labute approximate surface area is 244 Å². The second-order valence-electron chi connectivity index (χ2n) is 10.9. The van der Waals surface area contributed by atoms with Crippen LogP contribution in [0.3, 0.4) is 0 Å². The van der Waals surface area contributed by atoms with E-state index in [2.05, 4.69) is 10.6 Å². The van der Waals surface area contributed by atoms with Crippen molar-refractivity contribution in [1.29, 1.82) is 5.41 Å². The SMILES string of the molecule is CC(NC(=O)c1ccc(-c2ccc(COS(C)(=O)=O)cc2C(=O)Nc2ccc(C(=N)N)cc2)c(C(=O)O)c1)C(C)(C)C. The number of amidine groups is 1. The minimum absolute atomic E-state index is 0.0429. The number of carboxylic acid groups (broad SMARTS) is 1. The normalized spacial score (nSPS) is 12.3. The average molecular weight is 595 g/mol. The zero-order valence-electron chi connectivity index (χ0n) is 23.9. The average Bonchev–Trinajstić information content (AvgIpc) is 2.90. The third-order valence-corrected chi connectivity index (χ3v) is 7.22. The molecule has 1 unspecified atom stereocenters. The molecule has 0 bridgehead atoms. The molecule has 0 aliphatic heterocycles. The van der Waals surface area contributed by atoms with E-state index in [-0.39, 0.29) is 51.7 Å². The fraction of sp³-hybridized carbons (Fsp3) is 0.267. The van der Waals surface area contributed by atoms with Crippen molar-refractivity contribution in [3.05, 3.63) is 88.5 Å². The molecule has 42 heavy (non-hydrogen) atoms. The zero-order chi connectivity index (χ0) is 31.4. The number of nitrogens with one attached hydrogen (secondary N) is 3. The fourth-order valence-corrected chi connectivity index (χ4v) is 4.15. The first-order valence-electron chi connectivity index (χ1n) is 12.9. The van der Waals surface area contributed by atoms with E-state index in [0.29, 0.717) is 16.8 Å². The maximum absolute atomic E-state index is 13.5. The Morgan fingerprint density at radius 2 is 1.50 bits per heavy atom. The number of aromatic carboxylic acids is 1. The van der Waals surface area contributed by atoms with E-state index in [9.17, 15) is 27.9 Å². The number of anilines is 1. The molecule has 3 rings (SSSR count). The molecule has 0 saturated carbocycles. The molecule has 222 valence electrons. The first-order valence-corrected chi connectivity index (χ1v) is 14.7. The lowest BCUT2D eigenvalue weighted by atomic mass is 9.87. The van der Waals surface area contributed by atoms with Gasteiger partial charge in [0, 0.05) is 28.4 Å². The molecule has 0 aliphatic carbocycles. The summed E-state index contributed by atoms with van der Waals surface area (Å²) < 4.78 is 27.9. The summed E-state index contributed by atoms with van der Waals surface area (Å²) in [4.78, 5) is 38.8. The van der Waals surface area contributed by atoms with Crippen molar-refractivity contribution in [1.82, 2.24) is 5.32 Å². The van der Waals surface area contributed by atoms with Crippen molar-refractivity contribution in [3.63, 3.8) is 0 Å². The van der Waals surface area contributed by atoms with E-state index in [1.54, 1.807) is 24.3 Å². The minimum Gasteiger partial charge on any atom is -0.478 e. The molecule has 12 heteroatoms. The summed E-state index contributed by atoms with van der Waals surface area (Å²) in [6, 6.07) is 14.7. The smallest absolute Gasteiger partial charge is 0.336 e. The molecule has 11 nitrogen and oxygen atoms in total. The minimum atomic E-state index is -3.77. The number of amides is 2. The molecule has 3 aromatic rings. The van der Waals surface area contributed by atoms with Crippen molar-refractivity contribution in [2.75, 3.05) is 11.6 Å². The Balaban J connectivity index is 2.07. The predicted octanol–water partition coefficient (Wildman–Crippen LogP) is 4.23. The number of nitrogens with two attached hydrogens (primary N) is 1. The number of nitrogen functional groups attached to an aromatic ring is 1. The molecule has 1 atom stereocenters. The quantitative estimate of drug-likeness (QED) is 0.131. The standard InChI is InChI=1S/C30H34N4O7S/c1-17(30(2,3)4)33-27(35)20-9-13-23(25(15-20)29(37)38)22-12-6-18(16-41-42(5,39)40)14-24(22)28(36)34-21-10-7-19(8-11-21)26(31)32/h6-15,17H,16H2,1-5H3,(H3,31,32)(H,33,35)(H,34,36)(H,37,38). The van der Waals surface area contributed by atoms with Crippen LogP contribution < -0.4 is 16.4 Å². The van der Waals surface area contributed by atoms with E-state index in [1.807, 2.05) is 27.7 Å². The number of rotatable bonds is 10. The Morgan fingerprint density at radius 1 is 0.929 bits per heavy atom. The second-order valence-corrected chi connectivity index (χ2v) is 12.6. The molecule has 0 aliphatic rings. The molecule has 0 spiro atoms. The summed E-state index contributed by atoms with van der Waals surface area (Å²) in [6.45, 7) is 7.43. The van der Waals surface area contributed by atoms with Crippen LogP contribution in [0, 0.1) is 10.8 Å². The number of hydrogen-bond acceptors (Lipinski definition) is 7. The second kappa shape index (κ2) is 12.5. The van der Waals surface area contributed by atoms with E-state index in [0.717, 1.165) is 6.26 Å². The number of carboxylic acids is 1. The summed E-state index contributed by atoms with van der Waals surface area (Å²) in [7, 11) is -3.77. The Hall–Kier alpha value is -4.55. The van der Waals surface area contributed by atoms with E-state index in [4.69, 9.17) is 15.3 Å². The van der Waals surface area contributed by atoms with Gasteiger partial charge in [-0.2, -0.15) is 8.42 Å². The zero-order valence-corrected chi connectivity index (χ0v) is 24.8. The van der Waals surface area contributed by atoms with Gasteiger partial charge in [-0.25, -0.2) is 4.79 Å². The fourth-order valence-electron chi connectivity index (χ4n) is 3.80. The summed E-state index contributed by atoms with van der Waals surface area (Å²) in [5.41, 5.74) is 6.86. The Morgan fingerprint density at radius 3 is 2.05 bits per heavy atom. The molecule has 6 N–H and O–H groups in total. The molecule has 0 saturated heterocycles. The molecule has 0 radical (unpaired) electrons. The largest absolute Gasteiger partial charge is 0.478 e. The lowest BCUT2D eigenvalue weighted by molar-refractivity contribution is 0.0697. The van der Waals surface area contributed by atoms with Gasteiger partial charge < -0.3 is 21.5 Å². The predicted molar refractivity (Wildman–Crippen MR) is 160 cm³/mol. The van der Waals surface area contributed by atoms with Crippen LogP contribution >= 0.6 is 0 Å². The maximum Gasteiger partial charge on any atom is 0.336 e. The van der Waals surface area contributed by atoms with Crippen LogP contribution in [0.2, 0.25) is 0 Å². The van der Waals surface area contributed by atoms with Crippen molar-refractivity contribution in [2.24, 2.45) is 11.1 Å². The van der Waals surface area contributed by atoms with E-state index >= 15 is 0 Å². The van der Waals surface area contributed by atoms with Crippen LogP contribution in [-0.2, 0) is 20.9 Å². The first-order chi connectivity index (χ1) is 19.5. The lowest BCUT2D eigenvalue weighted by Crippen LogP contribution is -2.41. The van der Waals surface area contributed by atoms with Gasteiger partial charge in [0.1, 0.15) is 5.84 Å². The molecule has 0 heterocycles. The van der Waals surface area contributed by atoms with Gasteiger partial charge in [-0.05, 0) is 71.5 Å². The van der Waals surface area contributed by atoms with Crippen LogP contribution in [0.5, 0.6) is 0 Å². The first kappa shape index (κ1) is 32.0. The van der Waals surface area contributed by atoms with E-state index < -0.39 is 27.9 Å². The Kier molecular flexibility index (Phi) is 9.54. The van der Waals surface area contributed by atoms with Crippen molar-refractivity contribution < 1.29 is 32.1 Å². The van der Waals surface area contributed by atoms with Gasteiger partial charge in [0.25, 0.3) is 21.9 Å². The van der Waals surface area contributed by atoms with Crippen LogP contribution in [0.4, 0.5) is 5.69 Å². The molecule has 2 amide bonds. The summed E-state index contributed by atoms with van der Waals surface area (Å²) >= 11 is 0. The van der Waals surface area contributed by atoms with Gasteiger partial charge in [-0.1, -0.05) is 39.0 Å². The number of carbonyl (C=O) groups excluding carboxylic acids is 2. The topological polar surface area (TPSA) is 189 Å². The molecule has 0 fully saturated rings. The van der Waals surface area contributed by atoms with Gasteiger partial charge in [0.2, 0.25) is 0 Å². The van der Waals surface area contributed by atoms with Crippen LogP contribution in [0.15, 0.2) is 60.7 Å². The highest BCUT2D eigenvalue weighted by Gasteiger charge is 2.24. The molecule has 0 aromatic heterocycles. The van der Waals surface area contributed by atoms with Crippen molar-refractivity contribution in [2.45, 2.75) is 40.3 Å². The molecular weight excluding hydrogens is 560 g/mol. The molecular formula is C30H34N4O7S. The van der Waals surface area contributed by atoms with E-state index in [1.165, 1.54) is 36.4 Å². The van der Waals surface area contributed by atoms with Crippen molar-refractivity contribution in [3.8, 4) is 11.1 Å². The highest BCUT2D eigenvalue weighted by atomic mass is 32.2. The summed E-state index contributed by atoms with van der Waals surface area (Å²) in [5.74, 6) is -2.50. The number of carbonyl (C=O) groups is 3. The van der Waals surface area contributed by atoms with Crippen LogP contribution in [-0.4, -0.2) is 49.4 Å². The molecule has 3 aromatic carbocycles. The number of hydrogen-bond donors (Lipinski definition) is 5. The van der Waals surface area contributed by atoms with Gasteiger partial charge in [0.05, 0.1) is 18.4 Å². The van der Waals surface area contributed by atoms with Gasteiger partial charge in [-0.15, -0.1) is 0 Å². The maximum atomic E-state index is 13.5. The van der Waals surface area contributed by atoms with Gasteiger partial charge in [0.15, 0.2) is 0 Å². The van der Waals surface area contributed by atoms with Gasteiger partial charge >= 0.3 is 5.97 Å². The third kappa shape index (κ3) is 8.24. The van der Waals surface area contributed by atoms with Crippen molar-refractivity contribution >= 4 is 39.4 Å². The number of benzene rings is 3.